The lowest BCUT2D eigenvalue weighted by molar-refractivity contribution is -0.161. The van der Waals surface area contributed by atoms with Gasteiger partial charge in [0, 0.05) is 25.7 Å². The van der Waals surface area contributed by atoms with Crippen LogP contribution < -0.4 is 0 Å². The number of rotatable bonds is 82. The van der Waals surface area contributed by atoms with Gasteiger partial charge in [-0.15, -0.1) is 0 Å². The summed E-state index contributed by atoms with van der Waals surface area (Å²) in [4.78, 5) is 73.1. The summed E-state index contributed by atoms with van der Waals surface area (Å²) in [6.45, 7) is 9.61. The van der Waals surface area contributed by atoms with Crippen LogP contribution in [0.2, 0.25) is 0 Å². The van der Waals surface area contributed by atoms with Crippen LogP contribution in [0.5, 0.6) is 0 Å². The Kier molecular flexibility index (Phi) is 73.1. The summed E-state index contributed by atoms with van der Waals surface area (Å²) in [5, 5.41) is 10.7. The van der Waals surface area contributed by atoms with E-state index in [0.717, 1.165) is 102 Å². The van der Waals surface area contributed by atoms with Gasteiger partial charge in [0.05, 0.1) is 26.4 Å². The molecule has 102 heavy (non-hydrogen) atoms. The molecule has 0 amide bonds. The van der Waals surface area contributed by atoms with Crippen molar-refractivity contribution in [2.24, 2.45) is 11.8 Å². The largest absolute Gasteiger partial charge is 0.472 e. The van der Waals surface area contributed by atoms with Crippen molar-refractivity contribution >= 4 is 39.5 Å². The molecule has 0 saturated carbocycles. The molecule has 606 valence electrons. The molecule has 0 radical (unpaired) electrons. The van der Waals surface area contributed by atoms with Crippen molar-refractivity contribution in [2.75, 3.05) is 39.6 Å². The molecule has 0 heterocycles. The molecule has 0 aromatic heterocycles. The predicted octanol–water partition coefficient (Wildman–Crippen LogP) is 25.1. The van der Waals surface area contributed by atoms with E-state index in [1.54, 1.807) is 0 Å². The third kappa shape index (κ3) is 76.3. The third-order valence-electron chi connectivity index (χ3n) is 19.5. The van der Waals surface area contributed by atoms with Gasteiger partial charge < -0.3 is 33.8 Å². The van der Waals surface area contributed by atoms with Gasteiger partial charge in [0.1, 0.15) is 19.3 Å². The number of phosphoric ester groups is 2. The number of carbonyl (C=O) groups is 4. The third-order valence-corrected chi connectivity index (χ3v) is 21.4. The summed E-state index contributed by atoms with van der Waals surface area (Å²) < 4.78 is 68.8. The van der Waals surface area contributed by atoms with Crippen LogP contribution in [0.1, 0.15) is 440 Å². The second-order valence-corrected chi connectivity index (χ2v) is 33.7. The van der Waals surface area contributed by atoms with Gasteiger partial charge in [0.25, 0.3) is 0 Å². The second-order valence-electron chi connectivity index (χ2n) is 30.8. The van der Waals surface area contributed by atoms with Crippen LogP contribution in [0, 0.1) is 11.8 Å². The Morgan fingerprint density at radius 3 is 0.667 bits per heavy atom. The average molecular weight is 1490 g/mol. The number of carbonyl (C=O) groups excluding carboxylic acids is 4. The van der Waals surface area contributed by atoms with Crippen molar-refractivity contribution in [3.8, 4) is 0 Å². The first kappa shape index (κ1) is 100. The molecule has 0 aliphatic carbocycles. The lowest BCUT2D eigenvalue weighted by Crippen LogP contribution is -2.30. The van der Waals surface area contributed by atoms with Crippen molar-refractivity contribution < 1.29 is 80.2 Å². The number of ether oxygens (including phenoxy) is 4. The molecule has 0 aromatic rings. The van der Waals surface area contributed by atoms with Crippen LogP contribution in [0.15, 0.2) is 0 Å². The molecule has 0 bridgehead atoms. The van der Waals surface area contributed by atoms with Crippen LogP contribution in [0.3, 0.4) is 0 Å². The van der Waals surface area contributed by atoms with E-state index in [1.807, 2.05) is 0 Å². The van der Waals surface area contributed by atoms with Gasteiger partial charge in [-0.05, 0) is 37.5 Å². The van der Waals surface area contributed by atoms with Gasteiger partial charge in [-0.1, -0.05) is 388 Å². The maximum Gasteiger partial charge on any atom is 0.472 e. The topological polar surface area (TPSA) is 237 Å². The van der Waals surface area contributed by atoms with Crippen molar-refractivity contribution in [3.63, 3.8) is 0 Å². The Hall–Kier alpha value is -1.94. The highest BCUT2D eigenvalue weighted by Gasteiger charge is 2.30. The predicted molar refractivity (Wildman–Crippen MR) is 418 cm³/mol. The smallest absolute Gasteiger partial charge is 0.462 e. The summed E-state index contributed by atoms with van der Waals surface area (Å²) in [5.74, 6) is -0.611. The Labute approximate surface area is 626 Å². The maximum atomic E-state index is 13.1. The van der Waals surface area contributed by atoms with Gasteiger partial charge in [0.15, 0.2) is 12.2 Å². The maximum absolute atomic E-state index is 13.1. The molecular weight excluding hydrogens is 1330 g/mol. The zero-order chi connectivity index (χ0) is 74.9. The van der Waals surface area contributed by atoms with Gasteiger partial charge in [-0.2, -0.15) is 0 Å². The van der Waals surface area contributed by atoms with Crippen molar-refractivity contribution in [3.05, 3.63) is 0 Å². The fraction of sp³-hybridized carbons (Fsp3) is 0.952. The first-order valence-electron chi connectivity index (χ1n) is 43.0. The van der Waals surface area contributed by atoms with Gasteiger partial charge in [-0.25, -0.2) is 9.13 Å². The van der Waals surface area contributed by atoms with Gasteiger partial charge >= 0.3 is 39.5 Å². The number of unbranched alkanes of at least 4 members (excludes halogenated alkanes) is 52. The number of hydrogen-bond donors (Lipinski definition) is 3. The van der Waals surface area contributed by atoms with Gasteiger partial charge in [0.2, 0.25) is 0 Å². The fourth-order valence-corrected chi connectivity index (χ4v) is 14.5. The average Bonchev–Trinajstić information content (AvgIpc) is 0.918. The van der Waals surface area contributed by atoms with Crippen LogP contribution in [0.25, 0.3) is 0 Å². The number of esters is 4. The number of aliphatic hydroxyl groups excluding tert-OH is 1. The number of hydrogen-bond acceptors (Lipinski definition) is 15. The summed E-state index contributed by atoms with van der Waals surface area (Å²) in [6.07, 6.45) is 65.4. The molecule has 0 aliphatic heterocycles. The van der Waals surface area contributed by atoms with E-state index in [4.69, 9.17) is 37.0 Å². The minimum atomic E-state index is -4.96. The zero-order valence-electron chi connectivity index (χ0n) is 66.9. The highest BCUT2D eigenvalue weighted by atomic mass is 31.2. The van der Waals surface area contributed by atoms with Crippen LogP contribution in [-0.2, 0) is 65.4 Å². The van der Waals surface area contributed by atoms with E-state index in [1.165, 1.54) is 250 Å². The first-order chi connectivity index (χ1) is 49.4. The van der Waals surface area contributed by atoms with Crippen molar-refractivity contribution in [2.45, 2.75) is 458 Å². The Morgan fingerprint density at radius 2 is 0.451 bits per heavy atom. The summed E-state index contributed by atoms with van der Waals surface area (Å²) in [5.41, 5.74) is 0. The molecule has 5 atom stereocenters. The monoisotopic (exact) mass is 1490 g/mol. The Balaban J connectivity index is 5.22. The van der Waals surface area contributed by atoms with E-state index in [0.29, 0.717) is 31.6 Å². The van der Waals surface area contributed by atoms with E-state index in [2.05, 4.69) is 41.5 Å². The molecule has 0 aliphatic rings. The first-order valence-corrected chi connectivity index (χ1v) is 46.0. The summed E-state index contributed by atoms with van der Waals surface area (Å²) in [7, 11) is -9.92. The number of phosphoric acid groups is 2. The molecular formula is C83H162O17P2. The summed E-state index contributed by atoms with van der Waals surface area (Å²) in [6, 6.07) is 0. The Bertz CT molecular complexity index is 1960. The standard InChI is InChI=1S/C83H162O17P2/c1-7-9-11-13-15-17-19-21-23-24-25-26-27-28-30-34-39-43-49-56-62-68-82(87)99-78(71-93-80(85)65-59-53-47-41-37-35-31-32-36-40-45-51-57-63-75(3)4)73-97-101(89,90)95-69-77(84)70-96-102(91,92)98-74-79(72-94-81(86)66-60-54-50-44-46-52-58-64-76(5)6)100-83(88)67-61-55-48-42-38-33-29-22-20-18-16-14-12-10-8-2/h75-79,84H,7-74H2,1-6H3,(H,89,90)(H,91,92)/t77-,78-,79-/m1/s1. The van der Waals surface area contributed by atoms with E-state index in [9.17, 15) is 43.2 Å². The zero-order valence-corrected chi connectivity index (χ0v) is 68.7. The molecule has 0 spiro atoms. The lowest BCUT2D eigenvalue weighted by atomic mass is 10.0. The lowest BCUT2D eigenvalue weighted by Gasteiger charge is -2.21. The van der Waals surface area contributed by atoms with Crippen LogP contribution >= 0.6 is 15.6 Å². The molecule has 2 unspecified atom stereocenters. The molecule has 17 nitrogen and oxygen atoms in total. The van der Waals surface area contributed by atoms with E-state index < -0.39 is 97.5 Å². The second kappa shape index (κ2) is 74.5. The minimum absolute atomic E-state index is 0.108. The molecule has 0 aromatic carbocycles. The molecule has 19 heteroatoms. The van der Waals surface area contributed by atoms with Crippen LogP contribution in [-0.4, -0.2) is 96.7 Å². The minimum Gasteiger partial charge on any atom is -0.462 e. The molecule has 0 fully saturated rings. The number of aliphatic hydroxyl groups is 1. The molecule has 0 saturated heterocycles. The van der Waals surface area contributed by atoms with E-state index in [-0.39, 0.29) is 25.7 Å². The van der Waals surface area contributed by atoms with E-state index >= 15 is 0 Å². The summed E-state index contributed by atoms with van der Waals surface area (Å²) >= 11 is 0. The van der Waals surface area contributed by atoms with Gasteiger partial charge in [-0.3, -0.25) is 37.3 Å². The highest BCUT2D eigenvalue weighted by molar-refractivity contribution is 7.47. The van der Waals surface area contributed by atoms with Crippen molar-refractivity contribution in [1.29, 1.82) is 0 Å². The fourth-order valence-electron chi connectivity index (χ4n) is 12.9. The SMILES string of the molecule is CCCCCCCCCCCCCCCCCCCCCCCC(=O)O[C@H](COC(=O)CCCCCCCCCCCCCCCC(C)C)COP(=O)(O)OC[C@@H](O)COP(=O)(O)OC[C@@H](COC(=O)CCCCCCCCCC(C)C)OC(=O)CCCCCCCCCCCCCCCCC. The molecule has 0 rings (SSSR count). The molecule has 3 N–H and O–H groups in total. The Morgan fingerprint density at radius 1 is 0.265 bits per heavy atom. The quantitative estimate of drug-likeness (QED) is 0.0222. The van der Waals surface area contributed by atoms with Crippen molar-refractivity contribution in [1.82, 2.24) is 0 Å². The van der Waals surface area contributed by atoms with Crippen LogP contribution in [0.4, 0.5) is 0 Å². The normalized spacial score (nSPS) is 13.9. The highest BCUT2D eigenvalue weighted by Crippen LogP contribution is 2.45.